The van der Waals surface area contributed by atoms with Crippen molar-refractivity contribution >= 4 is 35.0 Å². The van der Waals surface area contributed by atoms with Crippen LogP contribution in [0.15, 0.2) is 18.2 Å². The summed E-state index contributed by atoms with van der Waals surface area (Å²) in [7, 11) is 0. The Bertz CT molecular complexity index is 477. The van der Waals surface area contributed by atoms with Gasteiger partial charge in [0, 0.05) is 18.0 Å². The summed E-state index contributed by atoms with van der Waals surface area (Å²) in [5.74, 6) is -0.383. The van der Waals surface area contributed by atoms with Crippen LogP contribution in [0, 0.1) is 0 Å². The van der Waals surface area contributed by atoms with Crippen LogP contribution in [0.1, 0.15) is 16.8 Å². The third kappa shape index (κ3) is 2.90. The molecular formula is C11H10Cl2N2O2. The minimum Gasteiger partial charge on any atom is -0.354 e. The molecule has 1 aliphatic rings. The van der Waals surface area contributed by atoms with E-state index in [1.165, 1.54) is 6.07 Å². The van der Waals surface area contributed by atoms with E-state index in [1.54, 1.807) is 12.1 Å². The number of rotatable bonds is 2. The number of carbonyl (C=O) groups excluding carboxylic acids is 2. The van der Waals surface area contributed by atoms with Crippen molar-refractivity contribution in [3.8, 4) is 0 Å². The van der Waals surface area contributed by atoms with Crippen molar-refractivity contribution in [2.75, 3.05) is 6.54 Å². The molecule has 1 aromatic carbocycles. The second kappa shape index (κ2) is 4.94. The van der Waals surface area contributed by atoms with Crippen LogP contribution in [0.4, 0.5) is 0 Å². The second-order valence-electron chi connectivity index (χ2n) is 3.80. The van der Waals surface area contributed by atoms with Crippen LogP contribution < -0.4 is 10.6 Å². The van der Waals surface area contributed by atoms with Crippen molar-refractivity contribution in [1.82, 2.24) is 10.6 Å². The molecule has 17 heavy (non-hydrogen) atoms. The van der Waals surface area contributed by atoms with E-state index in [9.17, 15) is 9.59 Å². The average molecular weight is 273 g/mol. The molecule has 0 bridgehead atoms. The molecule has 2 rings (SSSR count). The van der Waals surface area contributed by atoms with Crippen molar-refractivity contribution in [3.63, 3.8) is 0 Å². The smallest absolute Gasteiger partial charge is 0.253 e. The molecule has 2 amide bonds. The zero-order valence-electron chi connectivity index (χ0n) is 8.80. The Morgan fingerprint density at radius 3 is 2.82 bits per heavy atom. The first-order valence-electron chi connectivity index (χ1n) is 5.09. The summed E-state index contributed by atoms with van der Waals surface area (Å²) in [5, 5.41) is 6.15. The maximum atomic E-state index is 11.9. The molecule has 0 spiro atoms. The Balaban J connectivity index is 2.09. The van der Waals surface area contributed by atoms with Gasteiger partial charge in [0.15, 0.2) is 0 Å². The van der Waals surface area contributed by atoms with E-state index in [0.29, 0.717) is 28.6 Å². The molecule has 2 N–H and O–H groups in total. The van der Waals surface area contributed by atoms with E-state index < -0.39 is 0 Å². The largest absolute Gasteiger partial charge is 0.354 e. The van der Waals surface area contributed by atoms with Crippen molar-refractivity contribution < 1.29 is 9.59 Å². The summed E-state index contributed by atoms with van der Waals surface area (Å²) in [6.07, 6.45) is 0.296. The molecule has 1 atom stereocenters. The predicted molar refractivity (Wildman–Crippen MR) is 65.3 cm³/mol. The fraction of sp³-hybridized carbons (Fsp3) is 0.273. The number of halogens is 2. The summed E-state index contributed by atoms with van der Waals surface area (Å²) in [5.41, 5.74) is 0.318. The molecule has 1 fully saturated rings. The first kappa shape index (κ1) is 12.2. The van der Waals surface area contributed by atoms with E-state index in [1.807, 2.05) is 0 Å². The van der Waals surface area contributed by atoms with Crippen LogP contribution in [-0.2, 0) is 4.79 Å². The molecule has 0 aliphatic carbocycles. The highest BCUT2D eigenvalue weighted by molar-refractivity contribution is 6.35. The van der Waals surface area contributed by atoms with Gasteiger partial charge < -0.3 is 10.6 Å². The van der Waals surface area contributed by atoms with Gasteiger partial charge in [-0.05, 0) is 18.2 Å². The number of nitrogens with one attached hydrogen (secondary N) is 2. The highest BCUT2D eigenvalue weighted by Gasteiger charge is 2.24. The van der Waals surface area contributed by atoms with Gasteiger partial charge in [-0.3, -0.25) is 9.59 Å². The van der Waals surface area contributed by atoms with Crippen LogP contribution >= 0.6 is 23.2 Å². The average Bonchev–Trinajstić information content (AvgIpc) is 2.67. The van der Waals surface area contributed by atoms with E-state index in [2.05, 4.69) is 10.6 Å². The maximum absolute atomic E-state index is 11.9. The van der Waals surface area contributed by atoms with Crippen LogP contribution in [0.5, 0.6) is 0 Å². The van der Waals surface area contributed by atoms with Gasteiger partial charge in [0.1, 0.15) is 0 Å². The molecule has 4 nitrogen and oxygen atoms in total. The third-order valence-corrected chi connectivity index (χ3v) is 3.05. The molecule has 1 saturated heterocycles. The first-order chi connectivity index (χ1) is 8.06. The Morgan fingerprint density at radius 2 is 2.18 bits per heavy atom. The minimum absolute atomic E-state index is 0.0625. The maximum Gasteiger partial charge on any atom is 0.253 e. The molecular weight excluding hydrogens is 263 g/mol. The topological polar surface area (TPSA) is 58.2 Å². The quantitative estimate of drug-likeness (QED) is 0.860. The molecule has 90 valence electrons. The van der Waals surface area contributed by atoms with Gasteiger partial charge in [0.2, 0.25) is 5.91 Å². The SMILES string of the molecule is O=C1C[C@H](NC(=O)c2cc(Cl)ccc2Cl)CN1. The monoisotopic (exact) mass is 272 g/mol. The fourth-order valence-corrected chi connectivity index (χ4v) is 2.02. The summed E-state index contributed by atoms with van der Waals surface area (Å²) in [6.45, 7) is 0.447. The van der Waals surface area contributed by atoms with Crippen LogP contribution in [0.3, 0.4) is 0 Å². The summed E-state index contributed by atoms with van der Waals surface area (Å²) in [6, 6.07) is 4.49. The lowest BCUT2D eigenvalue weighted by Gasteiger charge is -2.11. The van der Waals surface area contributed by atoms with E-state index in [-0.39, 0.29) is 17.9 Å². The van der Waals surface area contributed by atoms with Gasteiger partial charge >= 0.3 is 0 Å². The predicted octanol–water partition coefficient (Wildman–Crippen LogP) is 1.61. The lowest BCUT2D eigenvalue weighted by Crippen LogP contribution is -2.36. The number of benzene rings is 1. The molecule has 1 aromatic rings. The number of carbonyl (C=O) groups is 2. The van der Waals surface area contributed by atoms with Crippen molar-refractivity contribution in [3.05, 3.63) is 33.8 Å². The van der Waals surface area contributed by atoms with Crippen LogP contribution in [0.2, 0.25) is 10.0 Å². The molecule has 0 aromatic heterocycles. The van der Waals surface area contributed by atoms with Crippen LogP contribution in [-0.4, -0.2) is 24.4 Å². The van der Waals surface area contributed by atoms with Gasteiger partial charge in [-0.15, -0.1) is 0 Å². The molecule has 0 radical (unpaired) electrons. The van der Waals surface area contributed by atoms with Gasteiger partial charge in [-0.25, -0.2) is 0 Å². The zero-order chi connectivity index (χ0) is 12.4. The summed E-state index contributed by atoms with van der Waals surface area (Å²) in [4.78, 5) is 22.9. The Hall–Kier alpha value is -1.26. The summed E-state index contributed by atoms with van der Waals surface area (Å²) >= 11 is 11.7. The zero-order valence-corrected chi connectivity index (χ0v) is 10.3. The van der Waals surface area contributed by atoms with Crippen molar-refractivity contribution in [2.24, 2.45) is 0 Å². The van der Waals surface area contributed by atoms with Crippen molar-refractivity contribution in [2.45, 2.75) is 12.5 Å². The highest BCUT2D eigenvalue weighted by Crippen LogP contribution is 2.20. The standard InChI is InChI=1S/C11H10Cl2N2O2/c12-6-1-2-9(13)8(3-6)11(17)15-7-4-10(16)14-5-7/h1-3,7H,4-5H2,(H,14,16)(H,15,17)/t7-/m0/s1. The van der Waals surface area contributed by atoms with Crippen LogP contribution in [0.25, 0.3) is 0 Å². The lowest BCUT2D eigenvalue weighted by molar-refractivity contribution is -0.119. The van der Waals surface area contributed by atoms with Crippen molar-refractivity contribution in [1.29, 1.82) is 0 Å². The molecule has 1 heterocycles. The Morgan fingerprint density at radius 1 is 1.41 bits per heavy atom. The first-order valence-corrected chi connectivity index (χ1v) is 5.84. The Kier molecular flexibility index (Phi) is 3.54. The third-order valence-electron chi connectivity index (χ3n) is 2.49. The highest BCUT2D eigenvalue weighted by atomic mass is 35.5. The number of hydrogen-bond acceptors (Lipinski definition) is 2. The van der Waals surface area contributed by atoms with E-state index in [0.717, 1.165) is 0 Å². The van der Waals surface area contributed by atoms with E-state index >= 15 is 0 Å². The van der Waals surface area contributed by atoms with Gasteiger partial charge in [-0.1, -0.05) is 23.2 Å². The molecule has 0 unspecified atom stereocenters. The molecule has 0 saturated carbocycles. The van der Waals surface area contributed by atoms with Gasteiger partial charge in [0.25, 0.3) is 5.91 Å². The summed E-state index contributed by atoms with van der Waals surface area (Å²) < 4.78 is 0. The number of hydrogen-bond donors (Lipinski definition) is 2. The van der Waals surface area contributed by atoms with E-state index in [4.69, 9.17) is 23.2 Å². The Labute approximate surface area is 108 Å². The molecule has 1 aliphatic heterocycles. The lowest BCUT2D eigenvalue weighted by atomic mass is 10.2. The van der Waals surface area contributed by atoms with Gasteiger partial charge in [-0.2, -0.15) is 0 Å². The molecule has 6 heteroatoms. The van der Waals surface area contributed by atoms with Gasteiger partial charge in [0.05, 0.1) is 16.6 Å². The minimum atomic E-state index is -0.320. The normalized spacial score (nSPS) is 18.9. The second-order valence-corrected chi connectivity index (χ2v) is 4.65. The fourth-order valence-electron chi connectivity index (χ4n) is 1.64. The number of amides is 2.